The molecule has 5 rings (SSSR count). The van der Waals surface area contributed by atoms with Crippen LogP contribution in [0.3, 0.4) is 0 Å². The van der Waals surface area contributed by atoms with Gasteiger partial charge in [0.2, 0.25) is 0 Å². The van der Waals surface area contributed by atoms with Gasteiger partial charge in [0.25, 0.3) is 35.4 Å². The monoisotopic (exact) mass is 918 g/mol. The molecule has 0 aromatic heterocycles. The van der Waals surface area contributed by atoms with Crippen molar-refractivity contribution >= 4 is 35.4 Å². The Morgan fingerprint density at radius 3 is 0.758 bits per heavy atom. The van der Waals surface area contributed by atoms with Crippen LogP contribution in [0.25, 0.3) is 0 Å². The lowest BCUT2D eigenvalue weighted by Crippen LogP contribution is -2.44. The van der Waals surface area contributed by atoms with E-state index in [4.69, 9.17) is 39.9 Å². The molecule has 0 spiro atoms. The first-order valence-electron chi connectivity index (χ1n) is 21.8. The van der Waals surface area contributed by atoms with E-state index in [9.17, 15) is 28.8 Å². The quantitative estimate of drug-likeness (QED) is 0.0806. The second-order valence-electron chi connectivity index (χ2n) is 15.8. The van der Waals surface area contributed by atoms with Crippen LogP contribution >= 0.6 is 0 Å². The largest absolute Gasteiger partial charge is 0.496 e. The van der Waals surface area contributed by atoms with E-state index in [2.05, 4.69) is 31.9 Å². The Balaban J connectivity index is 1.17. The van der Waals surface area contributed by atoms with Crippen LogP contribution in [-0.4, -0.2) is 128 Å². The maximum Gasteiger partial charge on any atom is 0.255 e. The standard InChI is InChI=1S/C46H62N8O12/c1-61-35-22-37(63-3)31(19-29(35)41(55)49-17-15-47)43(57)51-25-7-11-27(12-8-25)53-45(59)33-21-34(40(66-6)24-39(33)65-5)46(60)54-28-13-9-26(10-14-28)52-44(58)32-20-30(42(56)50-18-16-48)36(62-2)23-38(32)64-4/h19-28H,7-18,47-48H2,1-6H3,(H,49,55)(H,50,56)(H,51,57)(H,52,58)(H,53,59)(H,54,60)/t25-,26?,27+,28?. The fourth-order valence-corrected chi connectivity index (χ4v) is 8.14. The van der Waals surface area contributed by atoms with Gasteiger partial charge in [-0.15, -0.1) is 0 Å². The van der Waals surface area contributed by atoms with E-state index >= 15 is 0 Å². The fraction of sp³-hybridized carbons (Fsp3) is 0.478. The summed E-state index contributed by atoms with van der Waals surface area (Å²) in [7, 11) is 8.53. The third-order valence-corrected chi connectivity index (χ3v) is 11.7. The summed E-state index contributed by atoms with van der Waals surface area (Å²) in [6, 6.07) is 7.93. The zero-order valence-electron chi connectivity index (χ0n) is 38.3. The number of ether oxygens (including phenoxy) is 6. The Morgan fingerprint density at radius 2 is 0.576 bits per heavy atom. The number of nitrogens with one attached hydrogen (secondary N) is 6. The van der Waals surface area contributed by atoms with Crippen molar-refractivity contribution in [3.8, 4) is 34.5 Å². The Hall–Kier alpha value is -6.80. The zero-order chi connectivity index (χ0) is 47.9. The summed E-state index contributed by atoms with van der Waals surface area (Å²) < 4.78 is 32.8. The Morgan fingerprint density at radius 1 is 0.379 bits per heavy atom. The predicted molar refractivity (Wildman–Crippen MR) is 243 cm³/mol. The number of hydrogen-bond acceptors (Lipinski definition) is 14. The molecule has 2 aliphatic carbocycles. The van der Waals surface area contributed by atoms with Crippen LogP contribution < -0.4 is 71.8 Å². The molecule has 2 fully saturated rings. The molecule has 0 saturated heterocycles. The van der Waals surface area contributed by atoms with E-state index in [1.54, 1.807) is 0 Å². The van der Waals surface area contributed by atoms with Gasteiger partial charge in [-0.2, -0.15) is 0 Å². The average Bonchev–Trinajstić information content (AvgIpc) is 3.34. The highest BCUT2D eigenvalue weighted by atomic mass is 16.5. The summed E-state index contributed by atoms with van der Waals surface area (Å²) in [6.45, 7) is 0.985. The van der Waals surface area contributed by atoms with Gasteiger partial charge in [0, 0.05) is 68.5 Å². The molecule has 0 unspecified atom stereocenters. The highest BCUT2D eigenvalue weighted by Crippen LogP contribution is 2.33. The van der Waals surface area contributed by atoms with E-state index < -0.39 is 35.4 Å². The number of amides is 6. The lowest BCUT2D eigenvalue weighted by Gasteiger charge is -2.30. The normalized spacial score (nSPS) is 17.8. The minimum Gasteiger partial charge on any atom is -0.496 e. The van der Waals surface area contributed by atoms with Crippen molar-refractivity contribution in [3.63, 3.8) is 0 Å². The summed E-state index contributed by atoms with van der Waals surface area (Å²) >= 11 is 0. The molecule has 0 heterocycles. The van der Waals surface area contributed by atoms with Gasteiger partial charge in [-0.05, 0) is 69.6 Å². The van der Waals surface area contributed by atoms with Crippen molar-refractivity contribution < 1.29 is 57.2 Å². The number of carbonyl (C=O) groups is 6. The van der Waals surface area contributed by atoms with Crippen molar-refractivity contribution in [1.82, 2.24) is 31.9 Å². The van der Waals surface area contributed by atoms with Crippen LogP contribution in [0.4, 0.5) is 0 Å². The van der Waals surface area contributed by atoms with Gasteiger partial charge in [0.05, 0.1) is 76.0 Å². The van der Waals surface area contributed by atoms with Crippen molar-refractivity contribution in [3.05, 3.63) is 69.8 Å². The number of nitrogens with two attached hydrogens (primary N) is 2. The van der Waals surface area contributed by atoms with Crippen molar-refractivity contribution in [2.45, 2.75) is 75.5 Å². The van der Waals surface area contributed by atoms with E-state index in [-0.39, 0.29) is 118 Å². The van der Waals surface area contributed by atoms with Crippen LogP contribution in [0.5, 0.6) is 34.5 Å². The average molecular weight is 919 g/mol. The van der Waals surface area contributed by atoms with Crippen molar-refractivity contribution in [2.75, 3.05) is 68.8 Å². The van der Waals surface area contributed by atoms with Gasteiger partial charge in [-0.3, -0.25) is 28.8 Å². The SMILES string of the molecule is COc1cc(OC)c(C(=O)NC2CCC(NC(=O)c3cc(C(=O)N[C@H]4CC[C@@H](NC(=O)c5cc(C(=O)NCCN)c(OC)cc5OC)CC4)c(OC)cc3OC)CC2)cc1C(=O)NCCN. The second-order valence-corrected chi connectivity index (χ2v) is 15.8. The predicted octanol–water partition coefficient (Wildman–Crippen LogP) is 2.06. The molecule has 0 radical (unpaired) electrons. The van der Waals surface area contributed by atoms with Gasteiger partial charge in [-0.25, -0.2) is 0 Å². The number of benzene rings is 3. The summed E-state index contributed by atoms with van der Waals surface area (Å²) in [5.74, 6) is -1.18. The van der Waals surface area contributed by atoms with Gasteiger partial charge in [0.15, 0.2) is 0 Å². The van der Waals surface area contributed by atoms with E-state index in [0.29, 0.717) is 51.4 Å². The molecule has 66 heavy (non-hydrogen) atoms. The minimum atomic E-state index is -0.439. The molecular weight excluding hydrogens is 857 g/mol. The summed E-state index contributed by atoms with van der Waals surface area (Å²) in [6.07, 6.45) is 4.45. The van der Waals surface area contributed by atoms with Gasteiger partial charge < -0.3 is 71.8 Å². The lowest BCUT2D eigenvalue weighted by atomic mass is 9.90. The third-order valence-electron chi connectivity index (χ3n) is 11.7. The summed E-state index contributed by atoms with van der Waals surface area (Å²) in [4.78, 5) is 80.2. The first kappa shape index (κ1) is 50.2. The van der Waals surface area contributed by atoms with Gasteiger partial charge in [-0.1, -0.05) is 0 Å². The number of rotatable bonds is 20. The molecule has 0 atom stereocenters. The van der Waals surface area contributed by atoms with Crippen LogP contribution in [-0.2, 0) is 0 Å². The van der Waals surface area contributed by atoms with Crippen molar-refractivity contribution in [2.24, 2.45) is 11.5 Å². The second kappa shape index (κ2) is 23.9. The fourth-order valence-electron chi connectivity index (χ4n) is 8.14. The summed E-state index contributed by atoms with van der Waals surface area (Å²) in [5, 5.41) is 17.6. The first-order chi connectivity index (χ1) is 31.8. The van der Waals surface area contributed by atoms with Crippen LogP contribution in [0.15, 0.2) is 36.4 Å². The third kappa shape index (κ3) is 12.3. The highest BCUT2D eigenvalue weighted by Gasteiger charge is 2.31. The van der Waals surface area contributed by atoms with Crippen LogP contribution in [0.2, 0.25) is 0 Å². The number of carbonyl (C=O) groups excluding carboxylic acids is 6. The molecule has 0 bridgehead atoms. The molecule has 3 aromatic carbocycles. The smallest absolute Gasteiger partial charge is 0.255 e. The van der Waals surface area contributed by atoms with Gasteiger partial charge in [0.1, 0.15) is 34.5 Å². The highest BCUT2D eigenvalue weighted by molar-refractivity contribution is 6.05. The maximum atomic E-state index is 13.8. The molecule has 10 N–H and O–H groups in total. The topological polar surface area (TPSA) is 282 Å². The molecule has 6 amide bonds. The molecule has 3 aromatic rings. The Bertz CT molecular complexity index is 2090. The molecule has 20 heteroatoms. The zero-order valence-corrected chi connectivity index (χ0v) is 38.3. The van der Waals surface area contributed by atoms with E-state index in [1.807, 2.05) is 0 Å². The maximum absolute atomic E-state index is 13.8. The number of hydrogen-bond donors (Lipinski definition) is 8. The lowest BCUT2D eigenvalue weighted by molar-refractivity contribution is 0.0883. The summed E-state index contributed by atoms with van der Waals surface area (Å²) in [5.41, 5.74) is 12.0. The molecule has 0 aliphatic heterocycles. The Kier molecular flexibility index (Phi) is 18.2. The van der Waals surface area contributed by atoms with Crippen LogP contribution in [0, 0.1) is 0 Å². The molecule has 2 saturated carbocycles. The Labute approximate surface area is 383 Å². The molecule has 358 valence electrons. The molecular formula is C46H62N8O12. The van der Waals surface area contributed by atoms with E-state index in [0.717, 1.165) is 0 Å². The van der Waals surface area contributed by atoms with E-state index in [1.165, 1.54) is 79.1 Å². The van der Waals surface area contributed by atoms with Crippen LogP contribution in [0.1, 0.15) is 114 Å². The molecule has 20 nitrogen and oxygen atoms in total. The van der Waals surface area contributed by atoms with Crippen molar-refractivity contribution in [1.29, 1.82) is 0 Å². The van der Waals surface area contributed by atoms with Gasteiger partial charge >= 0.3 is 0 Å². The first-order valence-corrected chi connectivity index (χ1v) is 21.8. The number of methoxy groups -OCH3 is 6. The minimum absolute atomic E-state index is 0.150. The molecule has 2 aliphatic rings.